The van der Waals surface area contributed by atoms with Crippen molar-refractivity contribution in [3.63, 3.8) is 0 Å². The predicted octanol–water partition coefficient (Wildman–Crippen LogP) is 3.61. The van der Waals surface area contributed by atoms with Crippen LogP contribution in [0.25, 0.3) is 0 Å². The molecule has 0 aromatic heterocycles. The summed E-state index contributed by atoms with van der Waals surface area (Å²) in [5.74, 6) is 1.08. The topological polar surface area (TPSA) is 83.0 Å². The highest BCUT2D eigenvalue weighted by molar-refractivity contribution is 14.0. The number of imide groups is 1. The van der Waals surface area contributed by atoms with Gasteiger partial charge in [0.25, 0.3) is 11.8 Å². The number of guanidine groups is 1. The molecular weight excluding hydrogens is 519 g/mol. The van der Waals surface area contributed by atoms with Crippen LogP contribution in [0.1, 0.15) is 39.1 Å². The molecule has 2 N–H and O–H groups in total. The average molecular weight is 548 g/mol. The standard InChI is InChI=1S/C24H28N4O3.HI/c1-3-16-31-21-13-7-4-10-18(21)17-27-24(25-2)26-14-8-9-15-28-22(29)19-11-5-6-12-20(19)23(28)30;/h3-7,10-13H,1,8-9,14-17H2,2H3,(H2,25,26,27);1H. The Labute approximate surface area is 206 Å². The summed E-state index contributed by atoms with van der Waals surface area (Å²) in [5, 5.41) is 6.54. The molecule has 2 aromatic rings. The lowest BCUT2D eigenvalue weighted by Crippen LogP contribution is -2.37. The number of nitrogens with zero attached hydrogens (tertiary/aromatic N) is 2. The molecule has 0 spiro atoms. The summed E-state index contributed by atoms with van der Waals surface area (Å²) in [6.07, 6.45) is 3.23. The van der Waals surface area contributed by atoms with Crippen LogP contribution >= 0.6 is 24.0 Å². The number of ether oxygens (including phenoxy) is 1. The highest BCUT2D eigenvalue weighted by Gasteiger charge is 2.34. The van der Waals surface area contributed by atoms with E-state index in [2.05, 4.69) is 22.2 Å². The zero-order valence-corrected chi connectivity index (χ0v) is 20.5. The Hall–Kier alpha value is -2.88. The van der Waals surface area contributed by atoms with Crippen molar-refractivity contribution in [2.24, 2.45) is 4.99 Å². The molecule has 1 aliphatic rings. The average Bonchev–Trinajstić information content (AvgIpc) is 3.05. The zero-order chi connectivity index (χ0) is 22.1. The summed E-state index contributed by atoms with van der Waals surface area (Å²) in [6, 6.07) is 14.8. The van der Waals surface area contributed by atoms with E-state index >= 15 is 0 Å². The largest absolute Gasteiger partial charge is 0.489 e. The molecular formula is C24H29IN4O3. The highest BCUT2D eigenvalue weighted by Crippen LogP contribution is 2.22. The van der Waals surface area contributed by atoms with E-state index in [9.17, 15) is 9.59 Å². The fourth-order valence-electron chi connectivity index (χ4n) is 3.38. The van der Waals surface area contributed by atoms with Gasteiger partial charge in [0.15, 0.2) is 5.96 Å². The van der Waals surface area contributed by atoms with E-state index < -0.39 is 0 Å². The summed E-state index contributed by atoms with van der Waals surface area (Å²) in [6.45, 7) is 5.79. The second kappa shape index (κ2) is 12.8. The Kier molecular flexibility index (Phi) is 10.2. The van der Waals surface area contributed by atoms with Gasteiger partial charge in [0.1, 0.15) is 12.4 Å². The van der Waals surface area contributed by atoms with Crippen LogP contribution in [-0.2, 0) is 6.54 Å². The van der Waals surface area contributed by atoms with Crippen LogP contribution in [-0.4, -0.2) is 49.4 Å². The summed E-state index contributed by atoms with van der Waals surface area (Å²) < 4.78 is 5.68. The Morgan fingerprint density at radius 2 is 1.69 bits per heavy atom. The van der Waals surface area contributed by atoms with Crippen LogP contribution in [0.3, 0.4) is 0 Å². The quantitative estimate of drug-likeness (QED) is 0.118. The van der Waals surface area contributed by atoms with Crippen LogP contribution in [0.5, 0.6) is 5.75 Å². The third-order valence-corrected chi connectivity index (χ3v) is 4.98. The van der Waals surface area contributed by atoms with E-state index in [4.69, 9.17) is 4.74 Å². The number of amides is 2. The second-order valence-electron chi connectivity index (χ2n) is 7.07. The van der Waals surface area contributed by atoms with Crippen LogP contribution in [0.2, 0.25) is 0 Å². The molecule has 0 unspecified atom stereocenters. The van der Waals surface area contributed by atoms with Gasteiger partial charge in [0, 0.05) is 32.2 Å². The van der Waals surface area contributed by atoms with E-state index in [-0.39, 0.29) is 35.8 Å². The van der Waals surface area contributed by atoms with Gasteiger partial charge in [-0.15, -0.1) is 24.0 Å². The van der Waals surface area contributed by atoms with Crippen LogP contribution in [0, 0.1) is 0 Å². The number of unbranched alkanes of at least 4 members (excludes halogenated alkanes) is 1. The van der Waals surface area contributed by atoms with Crippen molar-refractivity contribution in [2.45, 2.75) is 19.4 Å². The molecule has 0 saturated carbocycles. The fraction of sp³-hybridized carbons (Fsp3) is 0.292. The molecule has 1 heterocycles. The third-order valence-electron chi connectivity index (χ3n) is 4.98. The molecule has 2 aromatic carbocycles. The molecule has 0 saturated heterocycles. The van der Waals surface area contributed by atoms with Gasteiger partial charge in [-0.25, -0.2) is 0 Å². The van der Waals surface area contributed by atoms with Crippen molar-refractivity contribution in [3.05, 3.63) is 77.9 Å². The minimum Gasteiger partial charge on any atom is -0.489 e. The molecule has 170 valence electrons. The maximum Gasteiger partial charge on any atom is 0.261 e. The minimum atomic E-state index is -0.205. The summed E-state index contributed by atoms with van der Waals surface area (Å²) in [5.41, 5.74) is 2.01. The lowest BCUT2D eigenvalue weighted by atomic mass is 10.1. The van der Waals surface area contributed by atoms with Crippen molar-refractivity contribution in [2.75, 3.05) is 26.7 Å². The third kappa shape index (κ3) is 6.32. The normalized spacial score (nSPS) is 12.8. The van der Waals surface area contributed by atoms with Gasteiger partial charge in [-0.3, -0.25) is 19.5 Å². The molecule has 0 aliphatic carbocycles. The first-order valence-electron chi connectivity index (χ1n) is 10.4. The van der Waals surface area contributed by atoms with Gasteiger partial charge in [-0.05, 0) is 31.0 Å². The van der Waals surface area contributed by atoms with Crippen molar-refractivity contribution in [3.8, 4) is 5.75 Å². The number of aliphatic imine (C=N–C) groups is 1. The highest BCUT2D eigenvalue weighted by atomic mass is 127. The number of fused-ring (bicyclic) bond motifs is 1. The molecule has 7 nitrogen and oxygen atoms in total. The number of halogens is 1. The predicted molar refractivity (Wildman–Crippen MR) is 137 cm³/mol. The van der Waals surface area contributed by atoms with Gasteiger partial charge in [0.05, 0.1) is 11.1 Å². The second-order valence-corrected chi connectivity index (χ2v) is 7.07. The smallest absolute Gasteiger partial charge is 0.261 e. The maximum absolute atomic E-state index is 12.4. The lowest BCUT2D eigenvalue weighted by molar-refractivity contribution is 0.0652. The number of para-hydroxylation sites is 1. The molecule has 2 amide bonds. The van der Waals surface area contributed by atoms with Gasteiger partial charge in [-0.2, -0.15) is 0 Å². The number of hydrogen-bond acceptors (Lipinski definition) is 4. The van der Waals surface area contributed by atoms with Gasteiger partial charge < -0.3 is 15.4 Å². The fourth-order valence-corrected chi connectivity index (χ4v) is 3.38. The summed E-state index contributed by atoms with van der Waals surface area (Å²) >= 11 is 0. The Balaban J connectivity index is 0.00000363. The van der Waals surface area contributed by atoms with Crippen LogP contribution in [0.4, 0.5) is 0 Å². The molecule has 1 aliphatic heterocycles. The number of rotatable bonds is 10. The Morgan fingerprint density at radius 3 is 2.34 bits per heavy atom. The van der Waals surface area contributed by atoms with Gasteiger partial charge in [-0.1, -0.05) is 43.0 Å². The first-order valence-corrected chi connectivity index (χ1v) is 10.4. The van der Waals surface area contributed by atoms with Crippen molar-refractivity contribution in [1.82, 2.24) is 15.5 Å². The van der Waals surface area contributed by atoms with Crippen molar-refractivity contribution < 1.29 is 14.3 Å². The summed E-state index contributed by atoms with van der Waals surface area (Å²) in [7, 11) is 1.72. The van der Waals surface area contributed by atoms with E-state index in [0.717, 1.165) is 17.7 Å². The van der Waals surface area contributed by atoms with E-state index in [0.29, 0.717) is 49.7 Å². The first-order chi connectivity index (χ1) is 15.2. The first kappa shape index (κ1) is 25.4. The molecule has 0 atom stereocenters. The monoisotopic (exact) mass is 548 g/mol. The number of nitrogens with one attached hydrogen (secondary N) is 2. The molecule has 0 radical (unpaired) electrons. The molecule has 8 heteroatoms. The maximum atomic E-state index is 12.4. The van der Waals surface area contributed by atoms with E-state index in [1.807, 2.05) is 24.3 Å². The van der Waals surface area contributed by atoms with Gasteiger partial charge >= 0.3 is 0 Å². The molecule has 3 rings (SSSR count). The summed E-state index contributed by atoms with van der Waals surface area (Å²) in [4.78, 5) is 30.3. The number of carbonyl (C=O) groups is 2. The molecule has 0 fully saturated rings. The Bertz CT molecular complexity index is 942. The van der Waals surface area contributed by atoms with Gasteiger partial charge in [0.2, 0.25) is 0 Å². The van der Waals surface area contributed by atoms with Crippen molar-refractivity contribution >= 4 is 41.8 Å². The van der Waals surface area contributed by atoms with E-state index in [1.165, 1.54) is 4.90 Å². The van der Waals surface area contributed by atoms with Crippen LogP contribution < -0.4 is 15.4 Å². The number of benzene rings is 2. The number of carbonyl (C=O) groups excluding carboxylic acids is 2. The SMILES string of the molecule is C=CCOc1ccccc1CNC(=NC)NCCCCN1C(=O)c2ccccc2C1=O.I. The number of hydrogen-bond donors (Lipinski definition) is 2. The Morgan fingerprint density at radius 1 is 1.03 bits per heavy atom. The molecule has 32 heavy (non-hydrogen) atoms. The lowest BCUT2D eigenvalue weighted by Gasteiger charge is -2.15. The zero-order valence-electron chi connectivity index (χ0n) is 18.2. The van der Waals surface area contributed by atoms with Crippen molar-refractivity contribution in [1.29, 1.82) is 0 Å². The van der Waals surface area contributed by atoms with Crippen LogP contribution in [0.15, 0.2) is 66.2 Å². The minimum absolute atomic E-state index is 0. The van der Waals surface area contributed by atoms with E-state index in [1.54, 1.807) is 37.4 Å². The molecule has 0 bridgehead atoms.